The monoisotopic (exact) mass is 663 g/mol. The number of hydrogen-bond acceptors (Lipinski definition) is 6. The number of anilines is 1. The SMILES string of the molecule is CC(C)(C)OC(=O)NCc1cccc(-n2nc(C(F)(F)F)cc2C(=O)Nc2cc([C@H](OCC3CC3)c3ccc(C#N)cc3)ccc2F)c1. The summed E-state index contributed by atoms with van der Waals surface area (Å²) in [6.45, 7) is 5.55. The second kappa shape index (κ2) is 13.9. The van der Waals surface area contributed by atoms with Crippen LogP contribution in [-0.2, 0) is 22.2 Å². The number of carbonyl (C=O) groups excluding carboxylic acids is 2. The van der Waals surface area contributed by atoms with Gasteiger partial charge in [-0.25, -0.2) is 13.9 Å². The van der Waals surface area contributed by atoms with Crippen molar-refractivity contribution in [1.82, 2.24) is 15.1 Å². The van der Waals surface area contributed by atoms with Crippen molar-refractivity contribution in [2.75, 3.05) is 11.9 Å². The fraction of sp³-hybridized carbons (Fsp3) is 0.314. The molecule has 13 heteroatoms. The van der Waals surface area contributed by atoms with Gasteiger partial charge in [0.25, 0.3) is 5.91 Å². The summed E-state index contributed by atoms with van der Waals surface area (Å²) in [4.78, 5) is 25.6. The summed E-state index contributed by atoms with van der Waals surface area (Å²) in [5.74, 6) is -1.45. The summed E-state index contributed by atoms with van der Waals surface area (Å²) in [7, 11) is 0. The number of aromatic nitrogens is 2. The summed E-state index contributed by atoms with van der Waals surface area (Å²) >= 11 is 0. The molecule has 1 aliphatic rings. The standard InChI is InChI=1S/C35H33F4N5O4/c1-34(2,3)48-33(46)41-19-23-5-4-6-26(15-23)44-29(17-30(43-44)35(37,38)39)32(45)42-28-16-25(13-14-27(28)36)31(47-20-22-7-8-22)24-11-9-21(18-40)10-12-24/h4-6,9-17,22,31H,7-8,19-20H2,1-3H3,(H,41,46)(H,42,45)/t31-/m1/s1. The van der Waals surface area contributed by atoms with Crippen molar-refractivity contribution < 1.29 is 36.6 Å². The van der Waals surface area contributed by atoms with Gasteiger partial charge in [-0.05, 0) is 92.6 Å². The van der Waals surface area contributed by atoms with Crippen LogP contribution in [0.1, 0.15) is 78.2 Å². The predicted octanol–water partition coefficient (Wildman–Crippen LogP) is 7.69. The highest BCUT2D eigenvalue weighted by Gasteiger charge is 2.36. The molecule has 9 nitrogen and oxygen atoms in total. The van der Waals surface area contributed by atoms with Crippen LogP contribution in [0.25, 0.3) is 5.69 Å². The second-order valence-corrected chi connectivity index (χ2v) is 12.4. The molecule has 3 aromatic carbocycles. The van der Waals surface area contributed by atoms with Crippen LogP contribution < -0.4 is 10.6 Å². The first-order chi connectivity index (χ1) is 22.7. The Morgan fingerprint density at radius 3 is 2.38 bits per heavy atom. The minimum atomic E-state index is -4.88. The number of nitrogens with zero attached hydrogens (tertiary/aromatic N) is 3. The Morgan fingerprint density at radius 1 is 1.02 bits per heavy atom. The van der Waals surface area contributed by atoms with E-state index in [0.717, 1.165) is 23.6 Å². The van der Waals surface area contributed by atoms with Crippen LogP contribution in [0, 0.1) is 23.1 Å². The molecule has 2 N–H and O–H groups in total. The van der Waals surface area contributed by atoms with Gasteiger partial charge in [-0.15, -0.1) is 0 Å². The van der Waals surface area contributed by atoms with Crippen molar-refractivity contribution in [3.05, 3.63) is 112 Å². The van der Waals surface area contributed by atoms with Crippen molar-refractivity contribution in [3.63, 3.8) is 0 Å². The molecular formula is C35H33F4N5O4. The van der Waals surface area contributed by atoms with E-state index in [-0.39, 0.29) is 17.9 Å². The third-order valence-electron chi connectivity index (χ3n) is 7.30. The number of hydrogen-bond donors (Lipinski definition) is 2. The van der Waals surface area contributed by atoms with Crippen LogP contribution in [0.2, 0.25) is 0 Å². The van der Waals surface area contributed by atoms with Crippen LogP contribution in [0.3, 0.4) is 0 Å². The van der Waals surface area contributed by atoms with Crippen molar-refractivity contribution in [3.8, 4) is 11.8 Å². The minimum absolute atomic E-state index is 0.0150. The summed E-state index contributed by atoms with van der Waals surface area (Å²) in [5.41, 5.74) is -0.597. The highest BCUT2D eigenvalue weighted by Crippen LogP contribution is 2.35. The Balaban J connectivity index is 1.43. The van der Waals surface area contributed by atoms with Gasteiger partial charge >= 0.3 is 12.3 Å². The van der Waals surface area contributed by atoms with Gasteiger partial charge in [-0.3, -0.25) is 4.79 Å². The van der Waals surface area contributed by atoms with Gasteiger partial charge in [-0.2, -0.15) is 23.5 Å². The number of carbonyl (C=O) groups is 2. The normalized spacial score (nSPS) is 13.8. The van der Waals surface area contributed by atoms with Crippen LogP contribution >= 0.6 is 0 Å². The molecule has 4 aromatic rings. The number of alkyl carbamates (subject to hydrolysis) is 1. The Morgan fingerprint density at radius 2 is 1.73 bits per heavy atom. The molecule has 0 saturated heterocycles. The largest absolute Gasteiger partial charge is 0.444 e. The molecule has 1 aromatic heterocycles. The molecule has 250 valence electrons. The molecule has 5 rings (SSSR count). The summed E-state index contributed by atoms with van der Waals surface area (Å²) < 4.78 is 68.7. The fourth-order valence-corrected chi connectivity index (χ4v) is 4.79. The average molecular weight is 664 g/mol. The zero-order valence-corrected chi connectivity index (χ0v) is 26.4. The van der Waals surface area contributed by atoms with Gasteiger partial charge in [0.1, 0.15) is 23.2 Å². The number of nitrogens with one attached hydrogen (secondary N) is 2. The molecular weight excluding hydrogens is 630 g/mol. The number of halogens is 4. The van der Waals surface area contributed by atoms with E-state index in [0.29, 0.717) is 40.8 Å². The molecule has 0 spiro atoms. The zero-order valence-electron chi connectivity index (χ0n) is 26.4. The quantitative estimate of drug-likeness (QED) is 0.168. The summed E-state index contributed by atoms with van der Waals surface area (Å²) in [5, 5.41) is 17.8. The molecule has 0 bridgehead atoms. The lowest BCUT2D eigenvalue weighted by atomic mass is 9.99. The van der Waals surface area contributed by atoms with Crippen LogP contribution in [0.5, 0.6) is 0 Å². The third-order valence-corrected chi connectivity index (χ3v) is 7.30. The highest BCUT2D eigenvalue weighted by atomic mass is 19.4. The van der Waals surface area contributed by atoms with E-state index in [2.05, 4.69) is 21.8 Å². The maximum absolute atomic E-state index is 15.1. The van der Waals surface area contributed by atoms with E-state index in [9.17, 15) is 28.0 Å². The molecule has 48 heavy (non-hydrogen) atoms. The van der Waals surface area contributed by atoms with Crippen LogP contribution in [0.15, 0.2) is 72.8 Å². The summed E-state index contributed by atoms with van der Waals surface area (Å²) in [6.07, 6.45) is -4.17. The molecule has 1 fully saturated rings. The lowest BCUT2D eigenvalue weighted by molar-refractivity contribution is -0.141. The molecule has 1 saturated carbocycles. The summed E-state index contributed by atoms with van der Waals surface area (Å²) in [6, 6.07) is 19.5. The van der Waals surface area contributed by atoms with Gasteiger partial charge < -0.3 is 20.1 Å². The van der Waals surface area contributed by atoms with E-state index in [1.54, 1.807) is 51.1 Å². The maximum Gasteiger partial charge on any atom is 0.435 e. The molecule has 0 unspecified atom stereocenters. The van der Waals surface area contributed by atoms with Gasteiger partial charge in [0.2, 0.25) is 0 Å². The predicted molar refractivity (Wildman–Crippen MR) is 168 cm³/mol. The molecule has 2 amide bonds. The van der Waals surface area contributed by atoms with E-state index in [1.165, 1.54) is 30.3 Å². The number of rotatable bonds is 10. The van der Waals surface area contributed by atoms with Crippen molar-refractivity contribution in [2.24, 2.45) is 5.92 Å². The van der Waals surface area contributed by atoms with E-state index in [1.807, 2.05) is 0 Å². The average Bonchev–Trinajstić information content (AvgIpc) is 3.74. The van der Waals surface area contributed by atoms with Crippen LogP contribution in [0.4, 0.5) is 28.0 Å². The fourth-order valence-electron chi connectivity index (χ4n) is 4.79. The highest BCUT2D eigenvalue weighted by molar-refractivity contribution is 6.03. The number of amides is 2. The minimum Gasteiger partial charge on any atom is -0.444 e. The van der Waals surface area contributed by atoms with Gasteiger partial charge in [0, 0.05) is 12.6 Å². The number of ether oxygens (including phenoxy) is 2. The van der Waals surface area contributed by atoms with E-state index >= 15 is 4.39 Å². The molecule has 1 atom stereocenters. The number of alkyl halides is 3. The van der Waals surface area contributed by atoms with Crippen LogP contribution in [-0.4, -0.2) is 34.0 Å². The Hall–Kier alpha value is -5.22. The van der Waals surface area contributed by atoms with Crippen molar-refractivity contribution >= 4 is 17.7 Å². The number of nitriles is 1. The first-order valence-electron chi connectivity index (χ1n) is 15.2. The Labute approximate surface area is 274 Å². The first kappa shape index (κ1) is 34.1. The second-order valence-electron chi connectivity index (χ2n) is 12.4. The molecule has 0 aliphatic heterocycles. The topological polar surface area (TPSA) is 118 Å². The molecule has 0 radical (unpaired) electrons. The number of benzene rings is 3. The zero-order chi connectivity index (χ0) is 34.6. The van der Waals surface area contributed by atoms with E-state index < -0.39 is 47.1 Å². The van der Waals surface area contributed by atoms with E-state index in [4.69, 9.17) is 9.47 Å². The first-order valence-corrected chi connectivity index (χ1v) is 15.2. The van der Waals surface area contributed by atoms with Gasteiger partial charge in [0.15, 0.2) is 5.69 Å². The van der Waals surface area contributed by atoms with Crippen molar-refractivity contribution in [2.45, 2.75) is 58.0 Å². The van der Waals surface area contributed by atoms with Gasteiger partial charge in [0.05, 0.1) is 29.6 Å². The van der Waals surface area contributed by atoms with Crippen molar-refractivity contribution in [1.29, 1.82) is 5.26 Å². The smallest absolute Gasteiger partial charge is 0.435 e. The maximum atomic E-state index is 15.1. The third kappa shape index (κ3) is 8.77. The van der Waals surface area contributed by atoms with Gasteiger partial charge in [-0.1, -0.05) is 30.3 Å². The lowest BCUT2D eigenvalue weighted by Crippen LogP contribution is -2.32. The lowest BCUT2D eigenvalue weighted by Gasteiger charge is -2.20. The Bertz CT molecular complexity index is 1840. The molecule has 1 heterocycles. The Kier molecular flexibility index (Phi) is 9.86. The molecule has 1 aliphatic carbocycles.